The van der Waals surface area contributed by atoms with Crippen molar-refractivity contribution in [2.24, 2.45) is 5.92 Å². The first-order valence-corrected chi connectivity index (χ1v) is 6.70. The largest absolute Gasteiger partial charge is 0.496 e. The Hall–Kier alpha value is -1.02. The summed E-state index contributed by atoms with van der Waals surface area (Å²) in [5, 5.41) is 3.61. The number of para-hydroxylation sites is 1. The van der Waals surface area contributed by atoms with E-state index in [1.807, 2.05) is 6.07 Å². The first-order valence-electron chi connectivity index (χ1n) is 6.70. The zero-order valence-electron chi connectivity index (χ0n) is 10.9. The monoisotopic (exact) mass is 233 g/mol. The fourth-order valence-electron chi connectivity index (χ4n) is 2.97. The molecule has 0 bridgehead atoms. The molecule has 1 aliphatic carbocycles. The van der Waals surface area contributed by atoms with Gasteiger partial charge in [0.15, 0.2) is 0 Å². The van der Waals surface area contributed by atoms with Gasteiger partial charge in [-0.15, -0.1) is 0 Å². The number of hydrogen-bond donors (Lipinski definition) is 1. The molecular formula is C15H23NO. The molecule has 1 aromatic carbocycles. The summed E-state index contributed by atoms with van der Waals surface area (Å²) >= 11 is 0. The highest BCUT2D eigenvalue weighted by atomic mass is 16.5. The highest BCUT2D eigenvalue weighted by molar-refractivity contribution is 5.33. The van der Waals surface area contributed by atoms with Crippen LogP contribution in [0, 0.1) is 5.92 Å². The number of rotatable bonds is 5. The van der Waals surface area contributed by atoms with Crippen molar-refractivity contribution in [2.45, 2.75) is 38.6 Å². The van der Waals surface area contributed by atoms with Crippen LogP contribution < -0.4 is 10.1 Å². The first kappa shape index (κ1) is 12.4. The van der Waals surface area contributed by atoms with Crippen molar-refractivity contribution in [3.8, 4) is 5.75 Å². The third kappa shape index (κ3) is 3.01. The molecule has 2 nitrogen and oxygen atoms in total. The third-order valence-electron chi connectivity index (χ3n) is 3.80. The standard InChI is InChI=1S/C15H23NO/c1-3-16-14-9-6-8-12(14)11-13-7-4-5-10-15(13)17-2/h4-5,7,10,12,14,16H,3,6,8-9,11H2,1-2H3. The molecule has 1 N–H and O–H groups in total. The molecule has 2 unspecified atom stereocenters. The SMILES string of the molecule is CCNC1CCCC1Cc1ccccc1OC. The Morgan fingerprint density at radius 3 is 2.88 bits per heavy atom. The number of ether oxygens (including phenoxy) is 1. The normalized spacial score (nSPS) is 23.9. The molecule has 2 atom stereocenters. The van der Waals surface area contributed by atoms with E-state index in [-0.39, 0.29) is 0 Å². The van der Waals surface area contributed by atoms with Crippen LogP contribution in [-0.4, -0.2) is 19.7 Å². The second-order valence-corrected chi connectivity index (χ2v) is 4.87. The Morgan fingerprint density at radius 1 is 1.29 bits per heavy atom. The number of hydrogen-bond acceptors (Lipinski definition) is 2. The van der Waals surface area contributed by atoms with Gasteiger partial charge in [0.2, 0.25) is 0 Å². The van der Waals surface area contributed by atoms with Gasteiger partial charge in [-0.3, -0.25) is 0 Å². The lowest BCUT2D eigenvalue weighted by molar-refractivity contribution is 0.383. The lowest BCUT2D eigenvalue weighted by Crippen LogP contribution is -2.33. The summed E-state index contributed by atoms with van der Waals surface area (Å²) in [5.41, 5.74) is 1.35. The molecule has 2 rings (SSSR count). The topological polar surface area (TPSA) is 21.3 Å². The molecule has 1 aliphatic rings. The summed E-state index contributed by atoms with van der Waals surface area (Å²) in [5.74, 6) is 1.81. The second kappa shape index (κ2) is 6.06. The predicted octanol–water partition coefficient (Wildman–Crippen LogP) is 3.02. The van der Waals surface area contributed by atoms with Gasteiger partial charge in [-0.25, -0.2) is 0 Å². The predicted molar refractivity (Wildman–Crippen MR) is 71.5 cm³/mol. The van der Waals surface area contributed by atoms with Gasteiger partial charge in [-0.05, 0) is 43.4 Å². The summed E-state index contributed by atoms with van der Waals surface area (Å²) in [7, 11) is 1.76. The molecule has 1 fully saturated rings. The number of benzene rings is 1. The van der Waals surface area contributed by atoms with Crippen molar-refractivity contribution in [1.29, 1.82) is 0 Å². The fraction of sp³-hybridized carbons (Fsp3) is 0.600. The van der Waals surface area contributed by atoms with E-state index in [0.717, 1.165) is 24.6 Å². The molecule has 1 saturated carbocycles. The highest BCUT2D eigenvalue weighted by Gasteiger charge is 2.27. The minimum atomic E-state index is 0.699. The van der Waals surface area contributed by atoms with E-state index < -0.39 is 0 Å². The minimum Gasteiger partial charge on any atom is -0.496 e. The van der Waals surface area contributed by atoms with E-state index in [4.69, 9.17) is 4.74 Å². The summed E-state index contributed by atoms with van der Waals surface area (Å²) in [6, 6.07) is 9.10. The molecule has 17 heavy (non-hydrogen) atoms. The van der Waals surface area contributed by atoms with Crippen molar-refractivity contribution >= 4 is 0 Å². The summed E-state index contributed by atoms with van der Waals surface area (Å²) in [6.45, 7) is 3.27. The molecule has 2 heteroatoms. The quantitative estimate of drug-likeness (QED) is 0.844. The Labute approximate surface area is 104 Å². The molecule has 0 heterocycles. The van der Waals surface area contributed by atoms with Crippen LogP contribution in [0.5, 0.6) is 5.75 Å². The third-order valence-corrected chi connectivity index (χ3v) is 3.80. The summed E-state index contributed by atoms with van der Waals surface area (Å²) < 4.78 is 5.43. The van der Waals surface area contributed by atoms with Crippen LogP contribution in [0.1, 0.15) is 31.7 Å². The lowest BCUT2D eigenvalue weighted by atomic mass is 9.94. The van der Waals surface area contributed by atoms with E-state index in [2.05, 4.69) is 30.4 Å². The molecule has 0 amide bonds. The number of nitrogens with one attached hydrogen (secondary N) is 1. The maximum absolute atomic E-state index is 5.43. The van der Waals surface area contributed by atoms with Gasteiger partial charge < -0.3 is 10.1 Å². The van der Waals surface area contributed by atoms with Crippen LogP contribution in [0.3, 0.4) is 0 Å². The fourth-order valence-corrected chi connectivity index (χ4v) is 2.97. The van der Waals surface area contributed by atoms with Crippen LogP contribution >= 0.6 is 0 Å². The highest BCUT2D eigenvalue weighted by Crippen LogP contribution is 2.31. The molecule has 1 aromatic rings. The maximum Gasteiger partial charge on any atom is 0.122 e. The van der Waals surface area contributed by atoms with Gasteiger partial charge in [0.25, 0.3) is 0 Å². The summed E-state index contributed by atoms with van der Waals surface area (Å²) in [6.07, 6.45) is 5.17. The van der Waals surface area contributed by atoms with Crippen LogP contribution in [0.4, 0.5) is 0 Å². The second-order valence-electron chi connectivity index (χ2n) is 4.87. The average Bonchev–Trinajstić information content (AvgIpc) is 2.78. The Bertz CT molecular complexity index is 351. The van der Waals surface area contributed by atoms with Gasteiger partial charge >= 0.3 is 0 Å². The van der Waals surface area contributed by atoms with Crippen molar-refractivity contribution < 1.29 is 4.74 Å². The van der Waals surface area contributed by atoms with E-state index >= 15 is 0 Å². The van der Waals surface area contributed by atoms with Gasteiger partial charge in [-0.1, -0.05) is 31.5 Å². The van der Waals surface area contributed by atoms with Crippen molar-refractivity contribution in [3.63, 3.8) is 0 Å². The maximum atomic E-state index is 5.43. The van der Waals surface area contributed by atoms with Crippen LogP contribution in [0.25, 0.3) is 0 Å². The van der Waals surface area contributed by atoms with Gasteiger partial charge in [0, 0.05) is 6.04 Å². The van der Waals surface area contributed by atoms with Gasteiger partial charge in [0.05, 0.1) is 7.11 Å². The Balaban J connectivity index is 2.04. The Kier molecular flexibility index (Phi) is 4.43. The van der Waals surface area contributed by atoms with Crippen LogP contribution in [-0.2, 0) is 6.42 Å². The molecule has 0 aromatic heterocycles. The van der Waals surface area contributed by atoms with E-state index in [0.29, 0.717) is 6.04 Å². The van der Waals surface area contributed by atoms with Crippen molar-refractivity contribution in [1.82, 2.24) is 5.32 Å². The van der Waals surface area contributed by atoms with Crippen LogP contribution in [0.2, 0.25) is 0 Å². The van der Waals surface area contributed by atoms with E-state index in [1.165, 1.54) is 24.8 Å². The van der Waals surface area contributed by atoms with Crippen LogP contribution in [0.15, 0.2) is 24.3 Å². The van der Waals surface area contributed by atoms with E-state index in [9.17, 15) is 0 Å². The number of methoxy groups -OCH3 is 1. The molecule has 0 saturated heterocycles. The molecule has 94 valence electrons. The molecular weight excluding hydrogens is 210 g/mol. The molecule has 0 aliphatic heterocycles. The average molecular weight is 233 g/mol. The minimum absolute atomic E-state index is 0.699. The Morgan fingerprint density at radius 2 is 2.12 bits per heavy atom. The molecule has 0 spiro atoms. The van der Waals surface area contributed by atoms with Crippen molar-refractivity contribution in [2.75, 3.05) is 13.7 Å². The smallest absolute Gasteiger partial charge is 0.122 e. The van der Waals surface area contributed by atoms with Crippen molar-refractivity contribution in [3.05, 3.63) is 29.8 Å². The zero-order chi connectivity index (χ0) is 12.1. The zero-order valence-corrected chi connectivity index (χ0v) is 10.9. The summed E-state index contributed by atoms with van der Waals surface area (Å²) in [4.78, 5) is 0. The van der Waals surface area contributed by atoms with Gasteiger partial charge in [0.1, 0.15) is 5.75 Å². The molecule has 0 radical (unpaired) electrons. The lowest BCUT2D eigenvalue weighted by Gasteiger charge is -2.21. The van der Waals surface area contributed by atoms with E-state index in [1.54, 1.807) is 7.11 Å². The van der Waals surface area contributed by atoms with Gasteiger partial charge in [-0.2, -0.15) is 0 Å². The first-order chi connectivity index (χ1) is 8.35.